The standard InChI is InChI=1S/C25H33ClN2O5/c1-5-15(2)12-16(3)9-10-17-13-18-19(22(29)25(4,33)23(30)21(18)26)14-28(17)11-7-6-8-20(27)24(31)32/h9-10,12-15,20,33H,5-8,11,27H2,1-4H3,(H,31,32)/b10-9+,16-12+/t15-,20-,25+/m0/s1. The molecule has 1 aliphatic heterocycles. The van der Waals surface area contributed by atoms with Crippen molar-refractivity contribution >= 4 is 29.1 Å². The number of allylic oxidation sites excluding steroid dienone is 6. The molecule has 0 saturated carbocycles. The number of carboxylic acid groups (broad SMARTS) is 1. The van der Waals surface area contributed by atoms with Gasteiger partial charge < -0.3 is 20.8 Å². The molecule has 0 bridgehead atoms. The van der Waals surface area contributed by atoms with Crippen LogP contribution in [0, 0.1) is 5.92 Å². The van der Waals surface area contributed by atoms with Crippen molar-refractivity contribution in [3.8, 4) is 0 Å². The van der Waals surface area contributed by atoms with Gasteiger partial charge in [-0.1, -0.05) is 49.6 Å². The van der Waals surface area contributed by atoms with E-state index in [1.165, 1.54) is 0 Å². The van der Waals surface area contributed by atoms with E-state index in [0.29, 0.717) is 37.3 Å². The van der Waals surface area contributed by atoms with Crippen LogP contribution in [0.15, 0.2) is 58.0 Å². The van der Waals surface area contributed by atoms with Gasteiger partial charge >= 0.3 is 5.97 Å². The minimum absolute atomic E-state index is 0.171. The van der Waals surface area contributed by atoms with E-state index in [1.54, 1.807) is 12.3 Å². The first-order valence-corrected chi connectivity index (χ1v) is 11.5. The van der Waals surface area contributed by atoms with Crippen molar-refractivity contribution in [1.29, 1.82) is 0 Å². The number of aliphatic carboxylic acids is 1. The van der Waals surface area contributed by atoms with Crippen molar-refractivity contribution in [3.05, 3.63) is 58.0 Å². The zero-order chi connectivity index (χ0) is 24.9. The number of rotatable bonds is 10. The molecule has 0 unspecified atom stereocenters. The Hall–Kier alpha value is -2.48. The Balaban J connectivity index is 2.35. The number of carbonyl (C=O) groups excluding carboxylic acids is 2. The second-order valence-corrected chi connectivity index (χ2v) is 9.21. The number of Topliss-reactive ketones (excluding diaryl/α,β-unsaturated/α-hetero) is 2. The van der Waals surface area contributed by atoms with Gasteiger partial charge in [-0.25, -0.2) is 0 Å². The summed E-state index contributed by atoms with van der Waals surface area (Å²) in [5, 5.41) is 19.2. The van der Waals surface area contributed by atoms with Crippen LogP contribution in [0.2, 0.25) is 0 Å². The minimum atomic E-state index is -2.21. The van der Waals surface area contributed by atoms with Crippen LogP contribution in [0.3, 0.4) is 0 Å². The average molecular weight is 477 g/mol. The lowest BCUT2D eigenvalue weighted by Gasteiger charge is -2.34. The average Bonchev–Trinajstić information content (AvgIpc) is 2.77. The summed E-state index contributed by atoms with van der Waals surface area (Å²) in [5.74, 6) is -2.11. The summed E-state index contributed by atoms with van der Waals surface area (Å²) < 4.78 is 0. The molecule has 2 aliphatic rings. The zero-order valence-electron chi connectivity index (χ0n) is 19.6. The number of fused-ring (bicyclic) bond motifs is 1. The van der Waals surface area contributed by atoms with Crippen LogP contribution in [-0.4, -0.2) is 50.8 Å². The Morgan fingerprint density at radius 1 is 1.30 bits per heavy atom. The number of carbonyl (C=O) groups is 3. The predicted octanol–water partition coefficient (Wildman–Crippen LogP) is 3.60. The summed E-state index contributed by atoms with van der Waals surface area (Å²) in [7, 11) is 0. The summed E-state index contributed by atoms with van der Waals surface area (Å²) >= 11 is 6.25. The minimum Gasteiger partial charge on any atom is -0.480 e. The van der Waals surface area contributed by atoms with E-state index in [4.69, 9.17) is 22.4 Å². The van der Waals surface area contributed by atoms with Crippen molar-refractivity contribution in [3.63, 3.8) is 0 Å². The smallest absolute Gasteiger partial charge is 0.320 e. The maximum atomic E-state index is 12.8. The lowest BCUT2D eigenvalue weighted by atomic mass is 9.79. The maximum absolute atomic E-state index is 12.8. The molecular weight excluding hydrogens is 444 g/mol. The number of nitrogens with zero attached hydrogens (tertiary/aromatic N) is 1. The van der Waals surface area contributed by atoms with Gasteiger partial charge in [0, 0.05) is 29.6 Å². The van der Waals surface area contributed by atoms with Crippen LogP contribution in [0.25, 0.3) is 0 Å². The third-order valence-corrected chi connectivity index (χ3v) is 6.33. The van der Waals surface area contributed by atoms with Gasteiger partial charge in [-0.3, -0.25) is 14.4 Å². The van der Waals surface area contributed by atoms with Crippen molar-refractivity contribution in [2.24, 2.45) is 11.7 Å². The zero-order valence-corrected chi connectivity index (χ0v) is 20.4. The second-order valence-electron chi connectivity index (χ2n) is 8.83. The lowest BCUT2D eigenvalue weighted by molar-refractivity contribution is -0.144. The third-order valence-electron chi connectivity index (χ3n) is 5.95. The highest BCUT2D eigenvalue weighted by molar-refractivity contribution is 6.49. The number of carboxylic acids is 1. The molecule has 7 nitrogen and oxygen atoms in total. The molecule has 0 amide bonds. The second kappa shape index (κ2) is 11.1. The Labute approximate surface area is 200 Å². The van der Waals surface area contributed by atoms with E-state index in [2.05, 4.69) is 19.9 Å². The molecule has 180 valence electrons. The molecule has 0 saturated heterocycles. The van der Waals surface area contributed by atoms with E-state index < -0.39 is 29.2 Å². The third kappa shape index (κ3) is 6.31. The van der Waals surface area contributed by atoms with Crippen molar-refractivity contribution in [2.45, 2.75) is 65.0 Å². The quantitative estimate of drug-likeness (QED) is 0.250. The van der Waals surface area contributed by atoms with Gasteiger partial charge in [-0.15, -0.1) is 0 Å². The van der Waals surface area contributed by atoms with E-state index in [-0.39, 0.29) is 10.6 Å². The highest BCUT2D eigenvalue weighted by atomic mass is 35.5. The topological polar surface area (TPSA) is 121 Å². The van der Waals surface area contributed by atoms with Crippen LogP contribution < -0.4 is 5.73 Å². The first-order valence-electron chi connectivity index (χ1n) is 11.2. The van der Waals surface area contributed by atoms with Crippen LogP contribution in [0.1, 0.15) is 53.4 Å². The van der Waals surface area contributed by atoms with Crippen LogP contribution >= 0.6 is 11.6 Å². The Morgan fingerprint density at radius 3 is 2.58 bits per heavy atom. The number of hydrogen-bond acceptors (Lipinski definition) is 6. The highest BCUT2D eigenvalue weighted by Crippen LogP contribution is 2.38. The molecule has 0 radical (unpaired) electrons. The number of unbranched alkanes of at least 4 members (excludes halogenated alkanes) is 1. The first kappa shape index (κ1) is 26.8. The number of nitrogens with two attached hydrogens (primary N) is 1. The summed E-state index contributed by atoms with van der Waals surface area (Å²) in [6.45, 7) is 7.90. The van der Waals surface area contributed by atoms with Gasteiger partial charge in [-0.05, 0) is 51.2 Å². The van der Waals surface area contributed by atoms with Crippen molar-refractivity contribution in [2.75, 3.05) is 6.54 Å². The van der Waals surface area contributed by atoms with E-state index >= 15 is 0 Å². The summed E-state index contributed by atoms with van der Waals surface area (Å²) in [4.78, 5) is 38.0. The van der Waals surface area contributed by atoms with Gasteiger partial charge in [0.1, 0.15) is 6.04 Å². The molecular formula is C25H33ClN2O5. The maximum Gasteiger partial charge on any atom is 0.320 e. The molecule has 0 spiro atoms. The molecule has 3 atom stereocenters. The number of halogens is 1. The number of aliphatic hydroxyl groups is 1. The molecule has 0 fully saturated rings. The van der Waals surface area contributed by atoms with Gasteiger partial charge in [0.05, 0.1) is 5.03 Å². The lowest BCUT2D eigenvalue weighted by Crippen LogP contribution is -2.49. The molecule has 0 aromatic rings. The molecule has 0 aromatic heterocycles. The molecule has 8 heteroatoms. The Morgan fingerprint density at radius 2 is 1.97 bits per heavy atom. The highest BCUT2D eigenvalue weighted by Gasteiger charge is 2.48. The molecule has 4 N–H and O–H groups in total. The van der Waals surface area contributed by atoms with Crippen molar-refractivity contribution in [1.82, 2.24) is 4.90 Å². The molecule has 1 aliphatic carbocycles. The van der Waals surface area contributed by atoms with Gasteiger partial charge in [-0.2, -0.15) is 0 Å². The van der Waals surface area contributed by atoms with E-state index in [1.807, 2.05) is 24.0 Å². The number of hydrogen-bond donors (Lipinski definition) is 3. The number of ketones is 2. The van der Waals surface area contributed by atoms with Crippen LogP contribution in [-0.2, 0) is 14.4 Å². The summed E-state index contributed by atoms with van der Waals surface area (Å²) in [6.07, 6.45) is 11.9. The summed E-state index contributed by atoms with van der Waals surface area (Å²) in [6, 6.07) is -0.915. The van der Waals surface area contributed by atoms with Gasteiger partial charge in [0.2, 0.25) is 11.6 Å². The Bertz CT molecular complexity index is 971. The Kier molecular flexibility index (Phi) is 9.00. The molecule has 0 aromatic carbocycles. The molecule has 1 heterocycles. The normalized spacial score (nSPS) is 23.5. The predicted molar refractivity (Wildman–Crippen MR) is 128 cm³/mol. The van der Waals surface area contributed by atoms with Crippen LogP contribution in [0.5, 0.6) is 0 Å². The fourth-order valence-corrected chi connectivity index (χ4v) is 3.96. The van der Waals surface area contributed by atoms with Gasteiger partial charge in [0.15, 0.2) is 5.60 Å². The van der Waals surface area contributed by atoms with Crippen LogP contribution in [0.4, 0.5) is 0 Å². The fraction of sp³-hybridized carbons (Fsp3) is 0.480. The molecule has 33 heavy (non-hydrogen) atoms. The SMILES string of the molecule is CC[C@H](C)/C=C(C)/C=C/C1=CC2=C(Cl)C(=O)[C@](C)(O)C(=O)C2=CN1CCCC[C@H](N)C(=O)O. The van der Waals surface area contributed by atoms with Gasteiger partial charge in [0.25, 0.3) is 0 Å². The van der Waals surface area contributed by atoms with E-state index in [9.17, 15) is 19.5 Å². The monoisotopic (exact) mass is 476 g/mol. The van der Waals surface area contributed by atoms with E-state index in [0.717, 1.165) is 24.6 Å². The summed E-state index contributed by atoms with van der Waals surface area (Å²) in [5.41, 5.74) is 5.65. The fourth-order valence-electron chi connectivity index (χ4n) is 3.62. The van der Waals surface area contributed by atoms with Crippen molar-refractivity contribution < 1.29 is 24.6 Å². The first-order chi connectivity index (χ1) is 15.4. The molecule has 2 rings (SSSR count). The largest absolute Gasteiger partial charge is 0.480 e.